The van der Waals surface area contributed by atoms with Gasteiger partial charge in [-0.2, -0.15) is 14.6 Å². The molecule has 0 saturated heterocycles. The van der Waals surface area contributed by atoms with E-state index in [1.165, 1.54) is 17.0 Å². The summed E-state index contributed by atoms with van der Waals surface area (Å²) < 4.78 is 14.2. The maximum Gasteiger partial charge on any atom is 0.312 e. The fraction of sp³-hybridized carbons (Fsp3) is 0.308. The molecule has 2 aromatic heterocycles. The third-order valence-corrected chi connectivity index (χ3v) is 3.86. The molecule has 0 aliphatic heterocycles. The Bertz CT molecular complexity index is 768. The van der Waals surface area contributed by atoms with Crippen LogP contribution in [0.15, 0.2) is 17.2 Å². The van der Waals surface area contributed by atoms with Gasteiger partial charge in [0.15, 0.2) is 5.13 Å². The molecule has 10 heteroatoms. The van der Waals surface area contributed by atoms with E-state index in [0.717, 1.165) is 11.3 Å². The average Bonchev–Trinajstić information content (AvgIpc) is 3.00. The summed E-state index contributed by atoms with van der Waals surface area (Å²) in [6, 6.07) is 2.86. The van der Waals surface area contributed by atoms with E-state index in [-0.39, 0.29) is 29.7 Å². The fourth-order valence-corrected chi connectivity index (χ4v) is 2.60. The van der Waals surface area contributed by atoms with Crippen LogP contribution < -0.4 is 5.43 Å². The van der Waals surface area contributed by atoms with Crippen molar-refractivity contribution in [2.75, 3.05) is 0 Å². The maximum atomic E-state index is 12.8. The normalized spacial score (nSPS) is 11.1. The molecule has 0 fully saturated rings. The number of nitrogens with zero attached hydrogens (tertiary/aromatic N) is 4. The van der Waals surface area contributed by atoms with Gasteiger partial charge in [-0.05, 0) is 26.0 Å². The Morgan fingerprint density at radius 1 is 1.57 bits per heavy atom. The van der Waals surface area contributed by atoms with Crippen LogP contribution in [0.2, 0.25) is 0 Å². The van der Waals surface area contributed by atoms with Gasteiger partial charge in [-0.25, -0.2) is 5.43 Å². The zero-order chi connectivity index (χ0) is 17.0. The van der Waals surface area contributed by atoms with E-state index in [1.807, 2.05) is 0 Å². The summed E-state index contributed by atoms with van der Waals surface area (Å²) in [6.45, 7) is 3.33. The number of amides is 1. The molecule has 0 spiro atoms. The summed E-state index contributed by atoms with van der Waals surface area (Å²) in [7, 11) is 0. The molecule has 2 rings (SSSR count). The lowest BCUT2D eigenvalue weighted by Gasteiger charge is -2.02. The zero-order valence-electron chi connectivity index (χ0n) is 12.4. The lowest BCUT2D eigenvalue weighted by atomic mass is 10.3. The minimum absolute atomic E-state index is 0.0387. The highest BCUT2D eigenvalue weighted by molar-refractivity contribution is 7.12. The zero-order valence-corrected chi connectivity index (χ0v) is 13.3. The van der Waals surface area contributed by atoms with Crippen molar-refractivity contribution in [3.8, 4) is 0 Å². The summed E-state index contributed by atoms with van der Waals surface area (Å²) in [5.74, 6) is -0.367. The van der Waals surface area contributed by atoms with Crippen LogP contribution in [-0.4, -0.2) is 26.8 Å². The smallest absolute Gasteiger partial charge is 0.273 e. The van der Waals surface area contributed by atoms with Gasteiger partial charge in [0.05, 0.1) is 22.6 Å². The van der Waals surface area contributed by atoms with Gasteiger partial charge in [0.1, 0.15) is 11.4 Å². The maximum absolute atomic E-state index is 12.8. The second-order valence-corrected chi connectivity index (χ2v) is 5.75. The van der Waals surface area contributed by atoms with E-state index in [1.54, 1.807) is 19.9 Å². The monoisotopic (exact) mass is 339 g/mol. The summed E-state index contributed by atoms with van der Waals surface area (Å²) in [5, 5.41) is 18.3. The number of thiophene rings is 1. The van der Waals surface area contributed by atoms with Gasteiger partial charge in [0.25, 0.3) is 0 Å². The molecule has 0 aliphatic carbocycles. The van der Waals surface area contributed by atoms with Crippen LogP contribution in [0.25, 0.3) is 0 Å². The Balaban J connectivity index is 1.88. The van der Waals surface area contributed by atoms with E-state index >= 15 is 0 Å². The van der Waals surface area contributed by atoms with Crippen molar-refractivity contribution in [2.24, 2.45) is 5.10 Å². The molecule has 0 radical (unpaired) electrons. The number of rotatable bonds is 6. The van der Waals surface area contributed by atoms with Crippen LogP contribution in [0.4, 0.5) is 10.1 Å². The van der Waals surface area contributed by atoms with Crippen LogP contribution >= 0.6 is 11.3 Å². The third kappa shape index (κ3) is 4.19. The van der Waals surface area contributed by atoms with Gasteiger partial charge in [-0.15, -0.1) is 11.3 Å². The van der Waals surface area contributed by atoms with Gasteiger partial charge < -0.3 is 0 Å². The van der Waals surface area contributed by atoms with Crippen LogP contribution in [0, 0.1) is 29.1 Å². The van der Waals surface area contributed by atoms with E-state index in [0.29, 0.717) is 16.3 Å². The molecule has 0 saturated carbocycles. The molecule has 2 heterocycles. The molecular formula is C13H14FN5O3S. The molecule has 0 aliphatic rings. The first-order valence-corrected chi connectivity index (χ1v) is 7.45. The number of halogens is 1. The van der Waals surface area contributed by atoms with Gasteiger partial charge >= 0.3 is 5.69 Å². The lowest BCUT2D eigenvalue weighted by molar-refractivity contribution is -0.386. The van der Waals surface area contributed by atoms with Gasteiger partial charge in [-0.1, -0.05) is 0 Å². The minimum atomic E-state index is -0.487. The molecule has 0 aromatic carbocycles. The van der Waals surface area contributed by atoms with Gasteiger partial charge in [0.2, 0.25) is 5.91 Å². The number of carbonyl (C=O) groups excluding carboxylic acids is 1. The predicted octanol–water partition coefficient (Wildman–Crippen LogP) is 2.15. The van der Waals surface area contributed by atoms with Crippen LogP contribution in [0.1, 0.15) is 22.7 Å². The first-order valence-electron chi connectivity index (χ1n) is 6.64. The topological polar surface area (TPSA) is 102 Å². The van der Waals surface area contributed by atoms with E-state index < -0.39 is 4.92 Å². The number of hydrogen-bond donors (Lipinski definition) is 1. The molecule has 0 atom stereocenters. The van der Waals surface area contributed by atoms with Crippen molar-refractivity contribution in [3.63, 3.8) is 0 Å². The molecule has 0 bridgehead atoms. The largest absolute Gasteiger partial charge is 0.312 e. The number of aromatic nitrogens is 2. The van der Waals surface area contributed by atoms with Crippen molar-refractivity contribution in [3.05, 3.63) is 43.6 Å². The van der Waals surface area contributed by atoms with Gasteiger partial charge in [-0.3, -0.25) is 19.6 Å². The Kier molecular flexibility index (Phi) is 5.16. The molecule has 8 nitrogen and oxygen atoms in total. The standard InChI is InChI=1S/C13H14FN5O3S/c1-8-13(19(21)22)9(2)18(17-8)6-5-12(20)16-15-7-10-3-4-11(14)23-10/h3-4,7H,5-6H2,1-2H3,(H,16,20). The molecular weight excluding hydrogens is 325 g/mol. The van der Waals surface area contributed by atoms with Crippen LogP contribution in [0.5, 0.6) is 0 Å². The highest BCUT2D eigenvalue weighted by Gasteiger charge is 2.21. The first kappa shape index (κ1) is 16.7. The van der Waals surface area contributed by atoms with Crippen LogP contribution in [-0.2, 0) is 11.3 Å². The number of hydrazone groups is 1. The second-order valence-electron chi connectivity index (χ2n) is 4.68. The van der Waals surface area contributed by atoms with Crippen LogP contribution in [0.3, 0.4) is 0 Å². The Hall–Kier alpha value is -2.62. The predicted molar refractivity (Wildman–Crippen MR) is 83.0 cm³/mol. The number of nitrogens with one attached hydrogen (secondary N) is 1. The molecule has 0 unspecified atom stereocenters. The summed E-state index contributed by atoms with van der Waals surface area (Å²) >= 11 is 0.913. The van der Waals surface area contributed by atoms with Crippen molar-refractivity contribution < 1.29 is 14.1 Å². The number of aryl methyl sites for hydroxylation is 2. The molecule has 23 heavy (non-hydrogen) atoms. The SMILES string of the molecule is Cc1nn(CCC(=O)NN=Cc2ccc(F)s2)c(C)c1[N+](=O)[O-]. The quantitative estimate of drug-likeness (QED) is 0.495. The molecule has 1 N–H and O–H groups in total. The Labute approximate surface area is 134 Å². The number of nitro groups is 1. The van der Waals surface area contributed by atoms with Crippen molar-refractivity contribution in [1.29, 1.82) is 0 Å². The summed E-state index contributed by atoms with van der Waals surface area (Å²) in [4.78, 5) is 22.7. The summed E-state index contributed by atoms with van der Waals surface area (Å²) in [6.07, 6.45) is 1.41. The first-order chi connectivity index (χ1) is 10.9. The lowest BCUT2D eigenvalue weighted by Crippen LogP contribution is -2.20. The highest BCUT2D eigenvalue weighted by Crippen LogP contribution is 2.21. The minimum Gasteiger partial charge on any atom is -0.273 e. The second kappa shape index (κ2) is 7.09. The third-order valence-electron chi connectivity index (χ3n) is 3.05. The highest BCUT2D eigenvalue weighted by atomic mass is 32.1. The average molecular weight is 339 g/mol. The van der Waals surface area contributed by atoms with Crippen molar-refractivity contribution >= 4 is 29.1 Å². The Morgan fingerprint density at radius 2 is 2.30 bits per heavy atom. The number of hydrogen-bond acceptors (Lipinski definition) is 6. The fourth-order valence-electron chi connectivity index (χ4n) is 2.00. The molecule has 2 aromatic rings. The Morgan fingerprint density at radius 3 is 2.87 bits per heavy atom. The summed E-state index contributed by atoms with van der Waals surface area (Å²) in [5.41, 5.74) is 2.99. The van der Waals surface area contributed by atoms with E-state index in [4.69, 9.17) is 0 Å². The van der Waals surface area contributed by atoms with Gasteiger partial charge in [0, 0.05) is 6.42 Å². The molecule has 1 amide bonds. The van der Waals surface area contributed by atoms with Crippen molar-refractivity contribution in [2.45, 2.75) is 26.8 Å². The number of carbonyl (C=O) groups is 1. The van der Waals surface area contributed by atoms with E-state index in [2.05, 4.69) is 15.6 Å². The molecule has 122 valence electrons. The van der Waals surface area contributed by atoms with Crippen molar-refractivity contribution in [1.82, 2.24) is 15.2 Å². The van der Waals surface area contributed by atoms with E-state index in [9.17, 15) is 19.3 Å².